The number of aromatic amines is 1. The first-order valence-corrected chi connectivity index (χ1v) is 12.3. The minimum absolute atomic E-state index is 0.0277. The van der Waals surface area contributed by atoms with E-state index in [1.54, 1.807) is 0 Å². The average molecular weight is 437 g/mol. The number of aromatic nitrogens is 2. The molecule has 6 heteroatoms. The summed E-state index contributed by atoms with van der Waals surface area (Å²) < 4.78 is 0. The maximum absolute atomic E-state index is 13.4. The van der Waals surface area contributed by atoms with Crippen LogP contribution in [-0.2, 0) is 11.3 Å². The average Bonchev–Trinajstić information content (AvgIpc) is 3.50. The maximum Gasteiger partial charge on any atom is 0.274 e. The Morgan fingerprint density at radius 3 is 2.53 bits per heavy atom. The number of rotatable bonds is 4. The second kappa shape index (κ2) is 10.3. The van der Waals surface area contributed by atoms with E-state index in [1.165, 1.54) is 12.8 Å². The highest BCUT2D eigenvalue weighted by Crippen LogP contribution is 2.39. The molecule has 2 heterocycles. The van der Waals surface area contributed by atoms with E-state index in [-0.39, 0.29) is 11.8 Å². The van der Waals surface area contributed by atoms with Gasteiger partial charge in [0.15, 0.2) is 0 Å². The Bertz CT molecular complexity index is 931. The van der Waals surface area contributed by atoms with Gasteiger partial charge in [0.2, 0.25) is 5.91 Å². The first-order valence-electron chi connectivity index (χ1n) is 12.3. The second-order valence-electron chi connectivity index (χ2n) is 9.75. The number of carbonyl (C=O) groups is 2. The molecule has 0 unspecified atom stereocenters. The number of carbonyl (C=O) groups excluding carboxylic acids is 2. The summed E-state index contributed by atoms with van der Waals surface area (Å²) in [5, 5.41) is 7.40. The topological polar surface area (TPSA) is 69.3 Å². The molecule has 2 aliphatic rings. The van der Waals surface area contributed by atoms with Crippen molar-refractivity contribution >= 4 is 17.5 Å². The normalized spacial score (nSPS) is 18.1. The van der Waals surface area contributed by atoms with Crippen LogP contribution in [0.2, 0.25) is 0 Å². The van der Waals surface area contributed by atoms with Gasteiger partial charge >= 0.3 is 0 Å². The van der Waals surface area contributed by atoms with Gasteiger partial charge in [0.1, 0.15) is 5.69 Å². The number of anilines is 1. The lowest BCUT2D eigenvalue weighted by Gasteiger charge is -2.29. The summed E-state index contributed by atoms with van der Waals surface area (Å²) in [5.74, 6) is 0.995. The summed E-state index contributed by atoms with van der Waals surface area (Å²) in [6.07, 6.45) is 8.21. The molecule has 0 radical (unpaired) electrons. The number of nitrogens with zero attached hydrogens (tertiary/aromatic N) is 3. The molecule has 6 nitrogen and oxygen atoms in total. The monoisotopic (exact) mass is 436 g/mol. The number of H-pyrrole nitrogens is 1. The molecule has 32 heavy (non-hydrogen) atoms. The van der Waals surface area contributed by atoms with E-state index in [2.05, 4.69) is 30.1 Å². The van der Waals surface area contributed by atoms with Crippen LogP contribution in [0, 0.1) is 5.92 Å². The summed E-state index contributed by atoms with van der Waals surface area (Å²) in [7, 11) is 0. The van der Waals surface area contributed by atoms with Crippen LogP contribution in [-0.4, -0.2) is 40.0 Å². The molecule has 2 amide bonds. The van der Waals surface area contributed by atoms with Gasteiger partial charge in [-0.25, -0.2) is 0 Å². The quantitative estimate of drug-likeness (QED) is 0.710. The molecule has 1 aliphatic heterocycles. The standard InChI is InChI=1S/C26H36N4O2/c1-19(2)16-25(31)30-15-9-5-3-4-8-14-29(18-21-10-6-7-11-24(21)30)26(32)23-17-22(27-28-23)20-12-13-20/h6-7,10-11,17,19-20H,3-5,8-9,12-16,18H2,1-2H3,(H,27,28). The lowest BCUT2D eigenvalue weighted by molar-refractivity contribution is -0.119. The maximum atomic E-state index is 13.4. The third kappa shape index (κ3) is 5.59. The van der Waals surface area contributed by atoms with Crippen molar-refractivity contribution in [2.24, 2.45) is 5.92 Å². The van der Waals surface area contributed by atoms with Crippen LogP contribution in [0.1, 0.15) is 92.9 Å². The van der Waals surface area contributed by atoms with Crippen molar-refractivity contribution in [1.29, 1.82) is 0 Å². The zero-order chi connectivity index (χ0) is 22.5. The van der Waals surface area contributed by atoms with Crippen LogP contribution < -0.4 is 4.90 Å². The van der Waals surface area contributed by atoms with Gasteiger partial charge in [-0.15, -0.1) is 0 Å². The highest BCUT2D eigenvalue weighted by Gasteiger charge is 2.28. The summed E-state index contributed by atoms with van der Waals surface area (Å²) in [5.41, 5.74) is 3.55. The van der Waals surface area contributed by atoms with Crippen molar-refractivity contribution in [3.8, 4) is 0 Å². The largest absolute Gasteiger partial charge is 0.333 e. The van der Waals surface area contributed by atoms with E-state index in [0.29, 0.717) is 37.0 Å². The van der Waals surface area contributed by atoms with E-state index in [9.17, 15) is 9.59 Å². The Morgan fingerprint density at radius 2 is 1.78 bits per heavy atom. The van der Waals surface area contributed by atoms with Crippen LogP contribution in [0.3, 0.4) is 0 Å². The fourth-order valence-corrected chi connectivity index (χ4v) is 4.52. The molecular weight excluding hydrogens is 400 g/mol. The fourth-order valence-electron chi connectivity index (χ4n) is 4.52. The lowest BCUT2D eigenvalue weighted by atomic mass is 10.0. The van der Waals surface area contributed by atoms with Crippen LogP contribution in [0.15, 0.2) is 30.3 Å². The number of para-hydroxylation sites is 1. The molecule has 1 fully saturated rings. The zero-order valence-electron chi connectivity index (χ0n) is 19.5. The van der Waals surface area contributed by atoms with Gasteiger partial charge in [-0.3, -0.25) is 14.7 Å². The molecule has 0 bridgehead atoms. The van der Waals surface area contributed by atoms with Crippen molar-refractivity contribution in [3.05, 3.63) is 47.3 Å². The van der Waals surface area contributed by atoms with Gasteiger partial charge in [-0.05, 0) is 49.3 Å². The number of hydrogen-bond acceptors (Lipinski definition) is 3. The predicted octanol–water partition coefficient (Wildman–Crippen LogP) is 5.27. The minimum Gasteiger partial charge on any atom is -0.333 e. The molecule has 4 rings (SSSR count). The molecular formula is C26H36N4O2. The van der Waals surface area contributed by atoms with Crippen molar-refractivity contribution < 1.29 is 9.59 Å². The Balaban J connectivity index is 1.61. The van der Waals surface area contributed by atoms with Gasteiger partial charge in [0, 0.05) is 43.4 Å². The van der Waals surface area contributed by atoms with E-state index in [4.69, 9.17) is 0 Å². The number of benzene rings is 1. The first-order chi connectivity index (χ1) is 15.5. The first kappa shape index (κ1) is 22.6. The smallest absolute Gasteiger partial charge is 0.274 e. The van der Waals surface area contributed by atoms with Crippen LogP contribution >= 0.6 is 0 Å². The molecule has 0 saturated heterocycles. The van der Waals surface area contributed by atoms with Crippen LogP contribution in [0.4, 0.5) is 5.69 Å². The summed E-state index contributed by atoms with van der Waals surface area (Å²) in [6, 6.07) is 10.00. The summed E-state index contributed by atoms with van der Waals surface area (Å²) >= 11 is 0. The van der Waals surface area contributed by atoms with Gasteiger partial charge in [0.05, 0.1) is 0 Å². The van der Waals surface area contributed by atoms with Crippen LogP contribution in [0.25, 0.3) is 0 Å². The molecule has 1 aromatic heterocycles. The molecule has 1 aliphatic carbocycles. The number of nitrogens with one attached hydrogen (secondary N) is 1. The van der Waals surface area contributed by atoms with Gasteiger partial charge < -0.3 is 9.80 Å². The molecule has 172 valence electrons. The molecule has 0 atom stereocenters. The number of amides is 2. The summed E-state index contributed by atoms with van der Waals surface area (Å²) in [6.45, 7) is 6.10. The zero-order valence-corrected chi connectivity index (χ0v) is 19.5. The molecule has 0 spiro atoms. The molecule has 1 saturated carbocycles. The van der Waals surface area contributed by atoms with Gasteiger partial charge in [-0.2, -0.15) is 5.10 Å². The molecule has 2 aromatic rings. The van der Waals surface area contributed by atoms with Crippen LogP contribution in [0.5, 0.6) is 0 Å². The lowest BCUT2D eigenvalue weighted by Crippen LogP contribution is -2.36. The van der Waals surface area contributed by atoms with E-state index < -0.39 is 0 Å². The Labute approximate surface area is 191 Å². The number of hydrogen-bond donors (Lipinski definition) is 1. The highest BCUT2D eigenvalue weighted by molar-refractivity contribution is 5.95. The van der Waals surface area contributed by atoms with Crippen molar-refractivity contribution in [1.82, 2.24) is 15.1 Å². The second-order valence-corrected chi connectivity index (χ2v) is 9.75. The third-order valence-electron chi connectivity index (χ3n) is 6.46. The minimum atomic E-state index is -0.0277. The van der Waals surface area contributed by atoms with E-state index >= 15 is 0 Å². The fraction of sp³-hybridized carbons (Fsp3) is 0.577. The van der Waals surface area contributed by atoms with Crippen molar-refractivity contribution in [2.75, 3.05) is 18.0 Å². The van der Waals surface area contributed by atoms with E-state index in [1.807, 2.05) is 34.1 Å². The molecule has 1 aromatic carbocycles. The van der Waals surface area contributed by atoms with E-state index in [0.717, 1.165) is 55.6 Å². The van der Waals surface area contributed by atoms with Crippen molar-refractivity contribution in [2.45, 2.75) is 77.7 Å². The Kier molecular flexibility index (Phi) is 7.28. The third-order valence-corrected chi connectivity index (χ3v) is 6.46. The Hall–Kier alpha value is -2.63. The predicted molar refractivity (Wildman–Crippen MR) is 127 cm³/mol. The molecule has 1 N–H and O–H groups in total. The number of fused-ring (bicyclic) bond motifs is 1. The van der Waals surface area contributed by atoms with Crippen molar-refractivity contribution in [3.63, 3.8) is 0 Å². The van der Waals surface area contributed by atoms with Gasteiger partial charge in [-0.1, -0.05) is 51.3 Å². The van der Waals surface area contributed by atoms with Gasteiger partial charge in [0.25, 0.3) is 5.91 Å². The Morgan fingerprint density at radius 1 is 1.06 bits per heavy atom. The summed E-state index contributed by atoms with van der Waals surface area (Å²) in [4.78, 5) is 30.4. The highest BCUT2D eigenvalue weighted by atomic mass is 16.2. The SMILES string of the molecule is CC(C)CC(=O)N1CCCCCCCN(C(=O)c2cc(C3CC3)[nH]n2)Cc2ccccc21.